The van der Waals surface area contributed by atoms with Crippen LogP contribution >= 0.6 is 15.9 Å². The number of carbonyl (C=O) groups excluding carboxylic acids is 1. The first-order valence-electron chi connectivity index (χ1n) is 9.82. The molecule has 1 saturated heterocycles. The maximum atomic E-state index is 12.6. The third-order valence-corrected chi connectivity index (χ3v) is 5.42. The fourth-order valence-electron chi connectivity index (χ4n) is 3.14. The largest absolute Gasteiger partial charge is 0.490 e. The Morgan fingerprint density at radius 2 is 1.76 bits per heavy atom. The Morgan fingerprint density at radius 3 is 2.35 bits per heavy atom. The van der Waals surface area contributed by atoms with E-state index in [4.69, 9.17) is 14.4 Å². The predicted molar refractivity (Wildman–Crippen MR) is 114 cm³/mol. The van der Waals surface area contributed by atoms with Gasteiger partial charge in [0, 0.05) is 35.5 Å². The molecule has 2 atom stereocenters. The van der Waals surface area contributed by atoms with E-state index in [0.717, 1.165) is 16.5 Å². The summed E-state index contributed by atoms with van der Waals surface area (Å²) in [5, 5.41) is 21.5. The van der Waals surface area contributed by atoms with E-state index in [0.29, 0.717) is 30.4 Å². The smallest absolute Gasteiger partial charge is 0.475 e. The van der Waals surface area contributed by atoms with Gasteiger partial charge in [-0.2, -0.15) is 18.2 Å². The molecule has 0 aliphatic carbocycles. The SMILES string of the molecule is O=C(C(O)c1ccc(Br)cc1)N1CCC(c2nc(-c3ccncc3)no2)C1.O=C(O)C(F)(F)F. The van der Waals surface area contributed by atoms with Crippen molar-refractivity contribution < 1.29 is 37.5 Å². The number of hydrogen-bond acceptors (Lipinski definition) is 7. The first kappa shape index (κ1) is 25.3. The lowest BCUT2D eigenvalue weighted by Gasteiger charge is -2.20. The summed E-state index contributed by atoms with van der Waals surface area (Å²) in [6.45, 7) is 0.995. The number of halogens is 4. The highest BCUT2D eigenvalue weighted by Crippen LogP contribution is 2.30. The van der Waals surface area contributed by atoms with Gasteiger partial charge >= 0.3 is 12.1 Å². The Labute approximate surface area is 199 Å². The summed E-state index contributed by atoms with van der Waals surface area (Å²) >= 11 is 3.35. The molecule has 0 bridgehead atoms. The second kappa shape index (κ2) is 10.7. The van der Waals surface area contributed by atoms with Crippen molar-refractivity contribution in [3.8, 4) is 11.4 Å². The van der Waals surface area contributed by atoms with Gasteiger partial charge in [0.25, 0.3) is 5.91 Å². The summed E-state index contributed by atoms with van der Waals surface area (Å²) in [5.74, 6) is -2.09. The number of alkyl halides is 3. The third kappa shape index (κ3) is 6.38. The van der Waals surface area contributed by atoms with Crippen LogP contribution in [-0.2, 0) is 9.59 Å². The number of likely N-dealkylation sites (tertiary alicyclic amines) is 1. The average molecular weight is 543 g/mol. The average Bonchev–Trinajstić information content (AvgIpc) is 3.49. The molecule has 1 aliphatic heterocycles. The summed E-state index contributed by atoms with van der Waals surface area (Å²) < 4.78 is 38.0. The van der Waals surface area contributed by atoms with Crippen molar-refractivity contribution >= 4 is 27.8 Å². The van der Waals surface area contributed by atoms with Crippen LogP contribution < -0.4 is 0 Å². The predicted octanol–water partition coefficient (Wildman–Crippen LogP) is 3.58. The molecule has 0 spiro atoms. The van der Waals surface area contributed by atoms with Crippen molar-refractivity contribution in [1.29, 1.82) is 0 Å². The first-order chi connectivity index (χ1) is 16.1. The highest BCUT2D eigenvalue weighted by Gasteiger charge is 2.38. The van der Waals surface area contributed by atoms with Gasteiger partial charge in [0.05, 0.1) is 5.92 Å². The molecule has 1 fully saturated rings. The third-order valence-electron chi connectivity index (χ3n) is 4.89. The summed E-state index contributed by atoms with van der Waals surface area (Å²) in [5.41, 5.74) is 1.40. The van der Waals surface area contributed by atoms with E-state index < -0.39 is 18.2 Å². The molecule has 0 radical (unpaired) electrons. The number of aliphatic carboxylic acids is 1. The van der Waals surface area contributed by atoms with Gasteiger partial charge < -0.3 is 19.6 Å². The van der Waals surface area contributed by atoms with Crippen molar-refractivity contribution in [3.63, 3.8) is 0 Å². The molecular weight excluding hydrogens is 525 g/mol. The van der Waals surface area contributed by atoms with Crippen molar-refractivity contribution in [2.24, 2.45) is 0 Å². The zero-order valence-electron chi connectivity index (χ0n) is 17.3. The topological polar surface area (TPSA) is 130 Å². The zero-order chi connectivity index (χ0) is 24.9. The van der Waals surface area contributed by atoms with E-state index >= 15 is 0 Å². The van der Waals surface area contributed by atoms with E-state index in [1.165, 1.54) is 0 Å². The number of carboxylic acid groups (broad SMARTS) is 1. The van der Waals surface area contributed by atoms with Crippen LogP contribution in [0.5, 0.6) is 0 Å². The molecule has 2 N–H and O–H groups in total. The number of aliphatic hydroxyl groups excluding tert-OH is 1. The van der Waals surface area contributed by atoms with Gasteiger partial charge in [-0.05, 0) is 36.2 Å². The number of benzene rings is 1. The number of carboxylic acids is 1. The van der Waals surface area contributed by atoms with Crippen LogP contribution in [0.15, 0.2) is 57.8 Å². The molecular formula is C21H18BrF3N4O5. The molecule has 3 aromatic rings. The molecule has 2 aromatic heterocycles. The lowest BCUT2D eigenvalue weighted by molar-refractivity contribution is -0.192. The van der Waals surface area contributed by atoms with Gasteiger partial charge in [-0.1, -0.05) is 33.2 Å². The van der Waals surface area contributed by atoms with E-state index in [9.17, 15) is 23.1 Å². The quantitative estimate of drug-likeness (QED) is 0.511. The van der Waals surface area contributed by atoms with Crippen LogP contribution in [0.2, 0.25) is 0 Å². The molecule has 1 aromatic carbocycles. The minimum Gasteiger partial charge on any atom is -0.475 e. The number of carbonyl (C=O) groups is 2. The fourth-order valence-corrected chi connectivity index (χ4v) is 3.41. The van der Waals surface area contributed by atoms with Crippen LogP contribution in [0, 0.1) is 0 Å². The molecule has 13 heteroatoms. The number of aliphatic hydroxyl groups is 1. The second-order valence-corrected chi connectivity index (χ2v) is 8.13. The molecule has 9 nitrogen and oxygen atoms in total. The molecule has 4 rings (SSSR count). The van der Waals surface area contributed by atoms with Crippen LogP contribution in [0.25, 0.3) is 11.4 Å². The van der Waals surface area contributed by atoms with Crippen molar-refractivity contribution in [2.75, 3.05) is 13.1 Å². The maximum Gasteiger partial charge on any atom is 0.490 e. The highest BCUT2D eigenvalue weighted by atomic mass is 79.9. The molecule has 2 unspecified atom stereocenters. The zero-order valence-corrected chi connectivity index (χ0v) is 18.9. The Morgan fingerprint density at radius 1 is 1.15 bits per heavy atom. The highest BCUT2D eigenvalue weighted by molar-refractivity contribution is 9.10. The second-order valence-electron chi connectivity index (χ2n) is 7.22. The fraction of sp³-hybridized carbons (Fsp3) is 0.286. The summed E-state index contributed by atoms with van der Waals surface area (Å²) in [7, 11) is 0. The number of nitrogens with zero attached hydrogens (tertiary/aromatic N) is 4. The van der Waals surface area contributed by atoms with Crippen molar-refractivity contribution in [2.45, 2.75) is 24.6 Å². The molecule has 34 heavy (non-hydrogen) atoms. The van der Waals surface area contributed by atoms with Crippen molar-refractivity contribution in [3.05, 3.63) is 64.7 Å². The minimum absolute atomic E-state index is 0.0332. The first-order valence-corrected chi connectivity index (χ1v) is 10.6. The van der Waals surface area contributed by atoms with E-state index in [1.54, 1.807) is 41.6 Å². The van der Waals surface area contributed by atoms with E-state index in [1.807, 2.05) is 12.1 Å². The van der Waals surface area contributed by atoms with E-state index in [-0.39, 0.29) is 11.8 Å². The number of aromatic nitrogens is 3. The van der Waals surface area contributed by atoms with Gasteiger partial charge in [0.2, 0.25) is 11.7 Å². The van der Waals surface area contributed by atoms with Crippen LogP contribution in [0.1, 0.15) is 29.9 Å². The monoisotopic (exact) mass is 542 g/mol. The summed E-state index contributed by atoms with van der Waals surface area (Å²) in [6.07, 6.45) is -2.20. The Hall–Kier alpha value is -3.32. The van der Waals surface area contributed by atoms with Gasteiger partial charge in [-0.3, -0.25) is 9.78 Å². The normalized spacial score (nSPS) is 16.5. The lowest BCUT2D eigenvalue weighted by atomic mass is 10.1. The van der Waals surface area contributed by atoms with Gasteiger partial charge in [0.1, 0.15) is 0 Å². The summed E-state index contributed by atoms with van der Waals surface area (Å²) in [6, 6.07) is 10.7. The summed E-state index contributed by atoms with van der Waals surface area (Å²) in [4.78, 5) is 31.6. The number of pyridine rings is 1. The molecule has 1 aliphatic rings. The van der Waals surface area contributed by atoms with Crippen LogP contribution in [-0.4, -0.2) is 61.4 Å². The maximum absolute atomic E-state index is 12.6. The van der Waals surface area contributed by atoms with Gasteiger partial charge in [-0.15, -0.1) is 0 Å². The van der Waals surface area contributed by atoms with Gasteiger partial charge in [-0.25, -0.2) is 4.79 Å². The molecule has 0 saturated carbocycles. The van der Waals surface area contributed by atoms with Gasteiger partial charge in [0.15, 0.2) is 6.10 Å². The number of hydrogen-bond donors (Lipinski definition) is 2. The standard InChI is InChI=1S/C19H17BrN4O3.C2HF3O2/c20-15-3-1-12(2-4-15)16(25)19(26)24-10-7-14(11-24)18-22-17(23-27-18)13-5-8-21-9-6-13;3-2(4,5)1(6)7/h1-6,8-9,14,16,25H,7,10-11H2;(H,6,7). The number of amides is 1. The molecule has 1 amide bonds. The molecule has 3 heterocycles. The Balaban J connectivity index is 0.000000406. The lowest BCUT2D eigenvalue weighted by Crippen LogP contribution is -2.33. The van der Waals surface area contributed by atoms with Crippen LogP contribution in [0.4, 0.5) is 13.2 Å². The van der Waals surface area contributed by atoms with Crippen molar-refractivity contribution in [1.82, 2.24) is 20.0 Å². The van der Waals surface area contributed by atoms with E-state index in [2.05, 4.69) is 31.1 Å². The minimum atomic E-state index is -5.08. The Bertz CT molecular complexity index is 1130. The number of rotatable bonds is 4. The molecule has 180 valence electrons. The van der Waals surface area contributed by atoms with Crippen LogP contribution in [0.3, 0.4) is 0 Å². The Kier molecular flexibility index (Phi) is 7.99.